The average Bonchev–Trinajstić information content (AvgIpc) is 2.33. The van der Waals surface area contributed by atoms with Crippen molar-refractivity contribution in [2.75, 3.05) is 26.9 Å². The van der Waals surface area contributed by atoms with E-state index in [4.69, 9.17) is 15.2 Å². The summed E-state index contributed by atoms with van der Waals surface area (Å²) in [6.07, 6.45) is 0.747. The number of nitrogens with two attached hydrogens (primary N) is 1. The molecule has 0 amide bonds. The van der Waals surface area contributed by atoms with Crippen LogP contribution < -0.4 is 10.5 Å². The van der Waals surface area contributed by atoms with E-state index in [1.165, 1.54) is 12.1 Å². The van der Waals surface area contributed by atoms with Crippen LogP contribution >= 0.6 is 0 Å². The van der Waals surface area contributed by atoms with Gasteiger partial charge in [0.15, 0.2) is 0 Å². The molecule has 1 aromatic carbocycles. The van der Waals surface area contributed by atoms with Crippen LogP contribution in [0.1, 0.15) is 12.0 Å². The predicted octanol–water partition coefficient (Wildman–Crippen LogP) is 1.55. The van der Waals surface area contributed by atoms with E-state index in [-0.39, 0.29) is 12.4 Å². The normalized spacial score (nSPS) is 9.59. The Morgan fingerprint density at radius 3 is 2.88 bits per heavy atom. The fourth-order valence-corrected chi connectivity index (χ4v) is 1.25. The maximum atomic E-state index is 13.1. The molecule has 0 unspecified atom stereocenters. The van der Waals surface area contributed by atoms with Gasteiger partial charge in [-0.2, -0.15) is 0 Å². The zero-order chi connectivity index (χ0) is 12.5. The van der Waals surface area contributed by atoms with Crippen LogP contribution in [-0.4, -0.2) is 26.9 Å². The van der Waals surface area contributed by atoms with E-state index in [1.54, 1.807) is 13.2 Å². The maximum Gasteiger partial charge on any atom is 0.137 e. The summed E-state index contributed by atoms with van der Waals surface area (Å²) in [6.45, 7) is 1.34. The Morgan fingerprint density at radius 2 is 2.18 bits per heavy atom. The minimum absolute atomic E-state index is 0.264. The molecule has 1 aromatic rings. The minimum atomic E-state index is -0.343. The molecule has 0 saturated carbocycles. The monoisotopic (exact) mass is 237 g/mol. The molecule has 0 radical (unpaired) electrons. The summed E-state index contributed by atoms with van der Waals surface area (Å²) >= 11 is 0. The van der Waals surface area contributed by atoms with Crippen molar-refractivity contribution < 1.29 is 13.9 Å². The van der Waals surface area contributed by atoms with Crippen molar-refractivity contribution in [3.63, 3.8) is 0 Å². The molecule has 0 aliphatic heterocycles. The Labute approximate surface area is 101 Å². The second kappa shape index (κ2) is 7.66. The van der Waals surface area contributed by atoms with Gasteiger partial charge in [-0.15, -0.1) is 0 Å². The molecule has 0 spiro atoms. The van der Waals surface area contributed by atoms with Gasteiger partial charge >= 0.3 is 0 Å². The lowest BCUT2D eigenvalue weighted by Crippen LogP contribution is -2.03. The standard InChI is InChI=1S/C13H16FNO2/c1-16-8-3-9-17-13-10-12(14)6-5-11(13)4-2-7-15/h5-6,10H,3,7-9,15H2,1H3. The number of methoxy groups -OCH3 is 1. The fourth-order valence-electron chi connectivity index (χ4n) is 1.25. The molecule has 4 heteroatoms. The van der Waals surface area contributed by atoms with Crippen molar-refractivity contribution in [2.45, 2.75) is 6.42 Å². The Bertz CT molecular complexity index is 410. The smallest absolute Gasteiger partial charge is 0.137 e. The van der Waals surface area contributed by atoms with E-state index in [2.05, 4.69) is 11.8 Å². The van der Waals surface area contributed by atoms with Gasteiger partial charge in [0.2, 0.25) is 0 Å². The first-order chi connectivity index (χ1) is 8.27. The Balaban J connectivity index is 2.69. The van der Waals surface area contributed by atoms with Crippen LogP contribution in [0.4, 0.5) is 4.39 Å². The van der Waals surface area contributed by atoms with E-state index < -0.39 is 0 Å². The first-order valence-electron chi connectivity index (χ1n) is 5.38. The molecule has 17 heavy (non-hydrogen) atoms. The van der Waals surface area contributed by atoms with Gasteiger partial charge in [0.05, 0.1) is 18.7 Å². The number of halogens is 1. The summed E-state index contributed by atoms with van der Waals surface area (Å²) in [4.78, 5) is 0. The number of ether oxygens (including phenoxy) is 2. The third kappa shape index (κ3) is 4.85. The largest absolute Gasteiger partial charge is 0.492 e. The summed E-state index contributed by atoms with van der Waals surface area (Å²) in [7, 11) is 1.63. The molecule has 0 aromatic heterocycles. The topological polar surface area (TPSA) is 44.5 Å². The number of hydrogen-bond donors (Lipinski definition) is 1. The molecule has 0 atom stereocenters. The first kappa shape index (κ1) is 13.5. The molecule has 0 heterocycles. The van der Waals surface area contributed by atoms with Crippen molar-refractivity contribution >= 4 is 0 Å². The van der Waals surface area contributed by atoms with Gasteiger partial charge < -0.3 is 15.2 Å². The van der Waals surface area contributed by atoms with Crippen LogP contribution in [0, 0.1) is 17.7 Å². The second-order valence-corrected chi connectivity index (χ2v) is 3.34. The van der Waals surface area contributed by atoms with Crippen molar-refractivity contribution in [2.24, 2.45) is 5.73 Å². The third-order valence-electron chi connectivity index (χ3n) is 2.02. The summed E-state index contributed by atoms with van der Waals surface area (Å²) < 4.78 is 23.4. The maximum absolute atomic E-state index is 13.1. The molecule has 92 valence electrons. The average molecular weight is 237 g/mol. The van der Waals surface area contributed by atoms with Gasteiger partial charge in [-0.05, 0) is 12.1 Å². The number of hydrogen-bond acceptors (Lipinski definition) is 3. The SMILES string of the molecule is COCCCOc1cc(F)ccc1C#CCN. The Kier molecular flexibility index (Phi) is 6.08. The van der Waals surface area contributed by atoms with Crippen LogP contribution in [-0.2, 0) is 4.74 Å². The third-order valence-corrected chi connectivity index (χ3v) is 2.02. The molecular formula is C13H16FNO2. The van der Waals surface area contributed by atoms with Crippen LogP contribution in [0.3, 0.4) is 0 Å². The molecule has 0 saturated heterocycles. The molecule has 2 N–H and O–H groups in total. The van der Waals surface area contributed by atoms with Crippen molar-refractivity contribution in [1.82, 2.24) is 0 Å². The highest BCUT2D eigenvalue weighted by Gasteiger charge is 2.03. The van der Waals surface area contributed by atoms with Gasteiger partial charge in [-0.25, -0.2) is 4.39 Å². The van der Waals surface area contributed by atoms with E-state index in [0.29, 0.717) is 24.5 Å². The summed E-state index contributed by atoms with van der Waals surface area (Å²) in [5.74, 6) is 5.66. The number of benzene rings is 1. The molecule has 1 rings (SSSR count). The van der Waals surface area contributed by atoms with Crippen molar-refractivity contribution in [3.05, 3.63) is 29.6 Å². The lowest BCUT2D eigenvalue weighted by molar-refractivity contribution is 0.172. The zero-order valence-electron chi connectivity index (χ0n) is 9.83. The molecule has 3 nitrogen and oxygen atoms in total. The zero-order valence-corrected chi connectivity index (χ0v) is 9.83. The highest BCUT2D eigenvalue weighted by atomic mass is 19.1. The van der Waals surface area contributed by atoms with Gasteiger partial charge in [0.25, 0.3) is 0 Å². The van der Waals surface area contributed by atoms with Gasteiger partial charge in [0.1, 0.15) is 11.6 Å². The fraction of sp³-hybridized carbons (Fsp3) is 0.385. The summed E-state index contributed by atoms with van der Waals surface area (Å²) in [6, 6.07) is 4.26. The van der Waals surface area contributed by atoms with Crippen LogP contribution in [0.15, 0.2) is 18.2 Å². The second-order valence-electron chi connectivity index (χ2n) is 3.34. The summed E-state index contributed by atoms with van der Waals surface area (Å²) in [5.41, 5.74) is 5.94. The minimum Gasteiger partial charge on any atom is -0.492 e. The molecule has 0 bridgehead atoms. The predicted molar refractivity (Wildman–Crippen MR) is 64.3 cm³/mol. The van der Waals surface area contributed by atoms with E-state index >= 15 is 0 Å². The van der Waals surface area contributed by atoms with Crippen LogP contribution in [0.2, 0.25) is 0 Å². The molecule has 0 aliphatic carbocycles. The van der Waals surface area contributed by atoms with Crippen LogP contribution in [0.25, 0.3) is 0 Å². The van der Waals surface area contributed by atoms with E-state index in [0.717, 1.165) is 6.42 Å². The van der Waals surface area contributed by atoms with Crippen LogP contribution in [0.5, 0.6) is 5.75 Å². The highest BCUT2D eigenvalue weighted by molar-refractivity contribution is 5.46. The molecular weight excluding hydrogens is 221 g/mol. The van der Waals surface area contributed by atoms with Gasteiger partial charge in [-0.3, -0.25) is 0 Å². The van der Waals surface area contributed by atoms with Crippen molar-refractivity contribution in [3.8, 4) is 17.6 Å². The Hall–Kier alpha value is -1.57. The molecule has 0 fully saturated rings. The lowest BCUT2D eigenvalue weighted by atomic mass is 10.2. The first-order valence-corrected chi connectivity index (χ1v) is 5.38. The molecule has 0 aliphatic rings. The highest BCUT2D eigenvalue weighted by Crippen LogP contribution is 2.19. The quantitative estimate of drug-likeness (QED) is 0.624. The van der Waals surface area contributed by atoms with E-state index in [9.17, 15) is 4.39 Å². The lowest BCUT2D eigenvalue weighted by Gasteiger charge is -2.08. The van der Waals surface area contributed by atoms with E-state index in [1.807, 2.05) is 0 Å². The number of rotatable bonds is 5. The summed E-state index contributed by atoms with van der Waals surface area (Å²) in [5, 5.41) is 0. The van der Waals surface area contributed by atoms with Gasteiger partial charge in [-0.1, -0.05) is 11.8 Å². The van der Waals surface area contributed by atoms with Gasteiger partial charge in [0, 0.05) is 26.2 Å². The Morgan fingerprint density at radius 1 is 1.35 bits per heavy atom. The van der Waals surface area contributed by atoms with Crippen molar-refractivity contribution in [1.29, 1.82) is 0 Å².